The molecule has 102 valence electrons. The highest BCUT2D eigenvalue weighted by Gasteiger charge is 2.64. The van der Waals surface area contributed by atoms with Crippen molar-refractivity contribution in [3.63, 3.8) is 0 Å². The SMILES string of the molecule is c1ccc2c(c1)C1CC2C2C3N=NC(C4CCCC43)C12. The summed E-state index contributed by atoms with van der Waals surface area (Å²) in [4.78, 5) is 0. The van der Waals surface area contributed by atoms with Gasteiger partial charge in [0.05, 0.1) is 12.1 Å². The molecule has 0 spiro atoms. The van der Waals surface area contributed by atoms with Crippen LogP contribution in [-0.2, 0) is 0 Å². The summed E-state index contributed by atoms with van der Waals surface area (Å²) in [6.07, 6.45) is 5.67. The van der Waals surface area contributed by atoms with E-state index in [1.54, 1.807) is 11.1 Å². The molecular formula is C18H20N2. The van der Waals surface area contributed by atoms with Gasteiger partial charge in [-0.1, -0.05) is 30.7 Å². The molecule has 8 atom stereocenters. The van der Waals surface area contributed by atoms with Gasteiger partial charge in [0.1, 0.15) is 0 Å². The lowest BCUT2D eigenvalue weighted by molar-refractivity contribution is 0.0416. The van der Waals surface area contributed by atoms with Crippen molar-refractivity contribution in [2.45, 2.75) is 49.6 Å². The van der Waals surface area contributed by atoms with Gasteiger partial charge in [-0.15, -0.1) is 0 Å². The molecule has 0 saturated heterocycles. The number of hydrogen-bond acceptors (Lipinski definition) is 2. The van der Waals surface area contributed by atoms with Gasteiger partial charge in [-0.25, -0.2) is 0 Å². The smallest absolute Gasteiger partial charge is 0.0777 e. The Bertz CT molecular complexity index is 571. The summed E-state index contributed by atoms with van der Waals surface area (Å²) in [5, 5.41) is 9.60. The van der Waals surface area contributed by atoms with E-state index in [4.69, 9.17) is 10.2 Å². The van der Waals surface area contributed by atoms with E-state index in [0.29, 0.717) is 12.1 Å². The van der Waals surface area contributed by atoms with Gasteiger partial charge in [0.25, 0.3) is 0 Å². The van der Waals surface area contributed by atoms with Gasteiger partial charge in [-0.2, -0.15) is 10.2 Å². The zero-order valence-corrected chi connectivity index (χ0v) is 11.7. The van der Waals surface area contributed by atoms with Gasteiger partial charge < -0.3 is 0 Å². The van der Waals surface area contributed by atoms with E-state index in [1.165, 1.54) is 25.7 Å². The van der Waals surface area contributed by atoms with Gasteiger partial charge in [-0.3, -0.25) is 0 Å². The third-order valence-corrected chi connectivity index (χ3v) is 7.30. The molecule has 7 rings (SSSR count). The van der Waals surface area contributed by atoms with Crippen molar-refractivity contribution in [1.82, 2.24) is 0 Å². The second kappa shape index (κ2) is 3.35. The minimum absolute atomic E-state index is 0.570. The molecule has 2 aliphatic heterocycles. The number of benzene rings is 1. The van der Waals surface area contributed by atoms with Gasteiger partial charge in [-0.05, 0) is 65.9 Å². The summed E-state index contributed by atoms with van der Waals surface area (Å²) in [5.41, 5.74) is 3.33. The van der Waals surface area contributed by atoms with E-state index in [9.17, 15) is 0 Å². The average Bonchev–Trinajstić information content (AvgIpc) is 3.22. The van der Waals surface area contributed by atoms with Crippen LogP contribution in [0.2, 0.25) is 0 Å². The molecule has 2 nitrogen and oxygen atoms in total. The Kier molecular flexibility index (Phi) is 1.76. The molecule has 3 saturated carbocycles. The maximum absolute atomic E-state index is 4.80. The summed E-state index contributed by atoms with van der Waals surface area (Å²) in [7, 11) is 0. The molecule has 0 amide bonds. The minimum atomic E-state index is 0.570. The molecule has 2 heterocycles. The van der Waals surface area contributed by atoms with Crippen LogP contribution in [-0.4, -0.2) is 12.1 Å². The highest BCUT2D eigenvalue weighted by Crippen LogP contribution is 2.68. The second-order valence-corrected chi connectivity index (χ2v) is 7.70. The molecule has 6 aliphatic rings. The van der Waals surface area contributed by atoms with Crippen LogP contribution in [0.5, 0.6) is 0 Å². The van der Waals surface area contributed by atoms with Crippen LogP contribution in [0.15, 0.2) is 34.5 Å². The van der Waals surface area contributed by atoms with Gasteiger partial charge >= 0.3 is 0 Å². The maximum atomic E-state index is 4.80. The van der Waals surface area contributed by atoms with E-state index in [2.05, 4.69) is 24.3 Å². The highest BCUT2D eigenvalue weighted by molar-refractivity contribution is 5.45. The molecule has 1 aromatic carbocycles. The van der Waals surface area contributed by atoms with Crippen LogP contribution < -0.4 is 0 Å². The van der Waals surface area contributed by atoms with E-state index < -0.39 is 0 Å². The van der Waals surface area contributed by atoms with Crippen molar-refractivity contribution < 1.29 is 0 Å². The van der Waals surface area contributed by atoms with Crippen LogP contribution in [0.4, 0.5) is 0 Å². The number of nitrogens with zero attached hydrogens (tertiary/aromatic N) is 2. The van der Waals surface area contributed by atoms with Gasteiger partial charge in [0.2, 0.25) is 0 Å². The third-order valence-electron chi connectivity index (χ3n) is 7.30. The lowest BCUT2D eigenvalue weighted by atomic mass is 9.58. The molecule has 1 aromatic rings. The molecule has 8 unspecified atom stereocenters. The van der Waals surface area contributed by atoms with Crippen molar-refractivity contribution >= 4 is 0 Å². The standard InChI is InChI=1S/C18H20N2/c1-2-5-10-9(4-1)13-8-14(10)16-15(13)17-11-6-3-7-12(11)18(16)20-19-17/h1-2,4-5,11-18H,3,6-8H2. The predicted octanol–water partition coefficient (Wildman–Crippen LogP) is 4.14. The molecule has 4 aliphatic carbocycles. The summed E-state index contributed by atoms with van der Waals surface area (Å²) < 4.78 is 0. The minimum Gasteiger partial charge on any atom is -0.190 e. The van der Waals surface area contributed by atoms with Crippen molar-refractivity contribution in [3.8, 4) is 0 Å². The number of hydrogen-bond donors (Lipinski definition) is 0. The van der Waals surface area contributed by atoms with Crippen LogP contribution in [0, 0.1) is 23.7 Å². The van der Waals surface area contributed by atoms with Gasteiger partial charge in [0, 0.05) is 0 Å². The molecule has 3 fully saturated rings. The van der Waals surface area contributed by atoms with Crippen LogP contribution >= 0.6 is 0 Å². The van der Waals surface area contributed by atoms with Crippen molar-refractivity contribution in [3.05, 3.63) is 35.4 Å². The van der Waals surface area contributed by atoms with Crippen LogP contribution in [0.3, 0.4) is 0 Å². The van der Waals surface area contributed by atoms with Crippen molar-refractivity contribution in [2.24, 2.45) is 33.9 Å². The zero-order chi connectivity index (χ0) is 12.8. The molecule has 0 aromatic heterocycles. The summed E-state index contributed by atoms with van der Waals surface area (Å²) in [5.74, 6) is 5.02. The normalized spacial score (nSPS) is 53.0. The molecule has 0 radical (unpaired) electrons. The van der Waals surface area contributed by atoms with E-state index >= 15 is 0 Å². The first-order valence-electron chi connectivity index (χ1n) is 8.42. The lowest BCUT2D eigenvalue weighted by Crippen LogP contribution is -2.53. The fourth-order valence-electron chi connectivity index (χ4n) is 6.83. The summed E-state index contributed by atoms with van der Waals surface area (Å²) >= 11 is 0. The molecular weight excluding hydrogens is 244 g/mol. The maximum Gasteiger partial charge on any atom is 0.0777 e. The Hall–Kier alpha value is -1.18. The molecule has 20 heavy (non-hydrogen) atoms. The van der Waals surface area contributed by atoms with Crippen molar-refractivity contribution in [1.29, 1.82) is 0 Å². The van der Waals surface area contributed by atoms with Crippen LogP contribution in [0.1, 0.15) is 48.6 Å². The molecule has 4 bridgehead atoms. The second-order valence-electron chi connectivity index (χ2n) is 7.70. The first-order chi connectivity index (χ1) is 9.93. The molecule has 2 heteroatoms. The molecule has 0 N–H and O–H groups in total. The van der Waals surface area contributed by atoms with E-state index in [0.717, 1.165) is 35.5 Å². The largest absolute Gasteiger partial charge is 0.190 e. The number of fused-ring (bicyclic) bond motifs is 5. The third kappa shape index (κ3) is 1.00. The lowest BCUT2D eigenvalue weighted by Gasteiger charge is -2.51. The Balaban J connectivity index is 1.53. The number of rotatable bonds is 0. The monoisotopic (exact) mass is 264 g/mol. The Morgan fingerprint density at radius 2 is 1.35 bits per heavy atom. The summed E-state index contributed by atoms with van der Waals surface area (Å²) in [6, 6.07) is 10.4. The topological polar surface area (TPSA) is 24.7 Å². The first kappa shape index (κ1) is 10.5. The van der Waals surface area contributed by atoms with E-state index in [-0.39, 0.29) is 0 Å². The van der Waals surface area contributed by atoms with Crippen molar-refractivity contribution in [2.75, 3.05) is 0 Å². The number of azo groups is 1. The fourth-order valence-corrected chi connectivity index (χ4v) is 6.83. The quantitative estimate of drug-likeness (QED) is 0.673. The average molecular weight is 264 g/mol. The van der Waals surface area contributed by atoms with E-state index in [1.807, 2.05) is 0 Å². The zero-order valence-electron chi connectivity index (χ0n) is 11.7. The Labute approximate surface area is 119 Å². The fraction of sp³-hybridized carbons (Fsp3) is 0.667. The van der Waals surface area contributed by atoms with Gasteiger partial charge in [0.15, 0.2) is 0 Å². The highest BCUT2D eigenvalue weighted by atomic mass is 15.2. The summed E-state index contributed by atoms with van der Waals surface area (Å²) in [6.45, 7) is 0. The van der Waals surface area contributed by atoms with Crippen LogP contribution in [0.25, 0.3) is 0 Å². The predicted molar refractivity (Wildman–Crippen MR) is 76.8 cm³/mol. The Morgan fingerprint density at radius 1 is 0.800 bits per heavy atom. The Morgan fingerprint density at radius 3 is 1.90 bits per heavy atom. The first-order valence-corrected chi connectivity index (χ1v) is 8.42.